The van der Waals surface area contributed by atoms with Gasteiger partial charge in [-0.3, -0.25) is 0 Å². The van der Waals surface area contributed by atoms with Crippen molar-refractivity contribution in [3.05, 3.63) is 71.8 Å². The van der Waals surface area contributed by atoms with Gasteiger partial charge in [0.15, 0.2) is 0 Å². The Morgan fingerprint density at radius 2 is 1.51 bits per heavy atom. The smallest absolute Gasteiger partial charge is 0.366 e. The van der Waals surface area contributed by atoms with Gasteiger partial charge in [0, 0.05) is 12.8 Å². The molecule has 1 aliphatic heterocycles. The monoisotopic (exact) mass is 484 g/mol. The molecule has 0 amide bonds. The highest BCUT2D eigenvalue weighted by atomic mass is 16.7. The Balaban J connectivity index is 0.000000360. The molecule has 0 aromatic heterocycles. The minimum atomic E-state index is -1.27. The first-order valence-corrected chi connectivity index (χ1v) is 11.7. The number of oxime groups is 2. The lowest BCUT2D eigenvalue weighted by atomic mass is 10.0. The number of ether oxygens (including phenoxy) is 3. The summed E-state index contributed by atoms with van der Waals surface area (Å²) in [6.07, 6.45) is 2.87. The lowest BCUT2D eigenvalue weighted by molar-refractivity contribution is -0.272. The van der Waals surface area contributed by atoms with E-state index in [9.17, 15) is 4.79 Å². The Morgan fingerprint density at radius 1 is 0.971 bits per heavy atom. The van der Waals surface area contributed by atoms with Gasteiger partial charge in [0.05, 0.1) is 31.7 Å². The fourth-order valence-electron chi connectivity index (χ4n) is 3.32. The Labute approximate surface area is 207 Å². The van der Waals surface area contributed by atoms with Gasteiger partial charge >= 0.3 is 5.97 Å². The maximum atomic E-state index is 11.6. The molecule has 1 fully saturated rings. The summed E-state index contributed by atoms with van der Waals surface area (Å²) in [6, 6.07) is 19.5. The molecule has 0 radical (unpaired) electrons. The standard InChI is InChI=1S/C19H27NO5.C8H9NO/c1-15(17-10-5-4-6-11-17)20-25-12-8-7-9-16-13-23-19(2,24-14-16)18(21)22-3;1-7(9-10)8-5-3-2-4-6-8/h4-6,10-11,16H,7-9,12-14H2,1-3H3;2-6,10H,1H3. The van der Waals surface area contributed by atoms with E-state index in [0.29, 0.717) is 25.5 Å². The van der Waals surface area contributed by atoms with Gasteiger partial charge in [-0.25, -0.2) is 4.79 Å². The molecule has 2 aromatic rings. The fourth-order valence-corrected chi connectivity index (χ4v) is 3.32. The number of methoxy groups -OCH3 is 1. The normalized spacial score (nSPS) is 20.4. The van der Waals surface area contributed by atoms with E-state index in [0.717, 1.165) is 36.1 Å². The highest BCUT2D eigenvalue weighted by Crippen LogP contribution is 2.25. The molecule has 0 atom stereocenters. The molecule has 8 nitrogen and oxygen atoms in total. The summed E-state index contributed by atoms with van der Waals surface area (Å²) in [5, 5.41) is 15.6. The maximum absolute atomic E-state index is 11.6. The molecule has 190 valence electrons. The topological polar surface area (TPSA) is 98.9 Å². The number of esters is 1. The van der Waals surface area contributed by atoms with E-state index in [-0.39, 0.29) is 5.92 Å². The molecule has 0 aliphatic carbocycles. The SMILES string of the molecule is CC(=NO)c1ccccc1.COC(=O)C1(C)OCC(CCCCON=C(C)c2ccccc2)CO1. The summed E-state index contributed by atoms with van der Waals surface area (Å²) >= 11 is 0. The highest BCUT2D eigenvalue weighted by Gasteiger charge is 2.41. The molecule has 0 unspecified atom stereocenters. The number of hydrogen-bond acceptors (Lipinski definition) is 8. The van der Waals surface area contributed by atoms with Crippen LogP contribution in [0.2, 0.25) is 0 Å². The van der Waals surface area contributed by atoms with Crippen molar-refractivity contribution >= 4 is 17.4 Å². The summed E-state index contributed by atoms with van der Waals surface area (Å²) < 4.78 is 15.8. The van der Waals surface area contributed by atoms with Crippen LogP contribution in [0, 0.1) is 5.92 Å². The molecule has 1 N–H and O–H groups in total. The molecular formula is C27H36N2O6. The molecule has 0 saturated carbocycles. The molecular weight excluding hydrogens is 448 g/mol. The van der Waals surface area contributed by atoms with Crippen LogP contribution in [-0.2, 0) is 23.8 Å². The van der Waals surface area contributed by atoms with Gasteiger partial charge in [-0.15, -0.1) is 0 Å². The zero-order valence-corrected chi connectivity index (χ0v) is 21.0. The van der Waals surface area contributed by atoms with Gasteiger partial charge in [-0.1, -0.05) is 71.0 Å². The van der Waals surface area contributed by atoms with E-state index < -0.39 is 11.8 Å². The van der Waals surface area contributed by atoms with Gasteiger partial charge < -0.3 is 24.3 Å². The average molecular weight is 485 g/mol. The Kier molecular flexibility index (Phi) is 11.9. The van der Waals surface area contributed by atoms with Crippen LogP contribution in [0.4, 0.5) is 0 Å². The first kappa shape index (κ1) is 28.0. The molecule has 35 heavy (non-hydrogen) atoms. The zero-order chi connectivity index (χ0) is 25.5. The molecule has 1 aliphatic rings. The third kappa shape index (κ3) is 9.50. The van der Waals surface area contributed by atoms with E-state index in [1.807, 2.05) is 67.6 Å². The number of unbranched alkanes of at least 4 members (excludes halogenated alkanes) is 1. The molecule has 0 bridgehead atoms. The summed E-state index contributed by atoms with van der Waals surface area (Å²) in [6.45, 7) is 6.86. The van der Waals surface area contributed by atoms with E-state index in [2.05, 4.69) is 15.0 Å². The molecule has 8 heteroatoms. The van der Waals surface area contributed by atoms with Crippen molar-refractivity contribution in [3.63, 3.8) is 0 Å². The van der Waals surface area contributed by atoms with Gasteiger partial charge in [0.2, 0.25) is 0 Å². The number of rotatable bonds is 9. The van der Waals surface area contributed by atoms with Crippen molar-refractivity contribution in [1.82, 2.24) is 0 Å². The number of carbonyl (C=O) groups excluding carboxylic acids is 1. The Bertz CT molecular complexity index is 939. The minimum Gasteiger partial charge on any atom is -0.465 e. The lowest BCUT2D eigenvalue weighted by Gasteiger charge is -2.35. The number of nitrogens with zero attached hydrogens (tertiary/aromatic N) is 2. The van der Waals surface area contributed by atoms with Gasteiger partial charge in [0.25, 0.3) is 5.79 Å². The minimum absolute atomic E-state index is 0.285. The third-order valence-electron chi connectivity index (χ3n) is 5.58. The van der Waals surface area contributed by atoms with Crippen molar-refractivity contribution in [2.45, 2.75) is 45.8 Å². The van der Waals surface area contributed by atoms with Crippen LogP contribution in [0.25, 0.3) is 0 Å². The second kappa shape index (κ2) is 14.9. The first-order valence-electron chi connectivity index (χ1n) is 11.7. The first-order chi connectivity index (χ1) is 16.9. The van der Waals surface area contributed by atoms with E-state index >= 15 is 0 Å². The summed E-state index contributed by atoms with van der Waals surface area (Å²) in [5.41, 5.74) is 3.52. The molecule has 2 aromatic carbocycles. The zero-order valence-electron chi connectivity index (χ0n) is 21.0. The predicted octanol–water partition coefficient (Wildman–Crippen LogP) is 5.03. The van der Waals surface area contributed by atoms with E-state index in [4.69, 9.17) is 19.5 Å². The lowest BCUT2D eigenvalue weighted by Crippen LogP contribution is -2.48. The van der Waals surface area contributed by atoms with E-state index in [1.54, 1.807) is 13.8 Å². The molecule has 3 rings (SSSR count). The molecule has 0 spiro atoms. The van der Waals surface area contributed by atoms with Crippen molar-refractivity contribution in [1.29, 1.82) is 0 Å². The number of hydrogen-bond donors (Lipinski definition) is 1. The maximum Gasteiger partial charge on any atom is 0.366 e. The quantitative estimate of drug-likeness (QED) is 0.176. The number of carbonyl (C=O) groups is 1. The van der Waals surface area contributed by atoms with Gasteiger partial charge in [0.1, 0.15) is 6.61 Å². The Hall–Kier alpha value is -3.23. The van der Waals surface area contributed by atoms with Crippen LogP contribution in [-0.4, -0.2) is 55.3 Å². The predicted molar refractivity (Wildman–Crippen MR) is 135 cm³/mol. The number of benzene rings is 2. The van der Waals surface area contributed by atoms with E-state index in [1.165, 1.54) is 7.11 Å². The van der Waals surface area contributed by atoms with Gasteiger partial charge in [-0.2, -0.15) is 0 Å². The summed E-state index contributed by atoms with van der Waals surface area (Å²) in [7, 11) is 1.33. The highest BCUT2D eigenvalue weighted by molar-refractivity contribution is 5.98. The summed E-state index contributed by atoms with van der Waals surface area (Å²) in [4.78, 5) is 17.0. The van der Waals surface area contributed by atoms with Crippen LogP contribution in [0.1, 0.15) is 51.2 Å². The van der Waals surface area contributed by atoms with Crippen molar-refractivity contribution in [2.75, 3.05) is 26.9 Å². The molecule has 1 saturated heterocycles. The van der Waals surface area contributed by atoms with Crippen molar-refractivity contribution in [2.24, 2.45) is 16.2 Å². The fraction of sp³-hybridized carbons (Fsp3) is 0.444. The molecule has 1 heterocycles. The van der Waals surface area contributed by atoms with Crippen molar-refractivity contribution < 1.29 is 29.0 Å². The second-order valence-electron chi connectivity index (χ2n) is 8.35. The largest absolute Gasteiger partial charge is 0.465 e. The van der Waals surface area contributed by atoms with Crippen LogP contribution in [0.5, 0.6) is 0 Å². The summed E-state index contributed by atoms with van der Waals surface area (Å²) in [5.74, 6) is -1.48. The van der Waals surface area contributed by atoms with Crippen LogP contribution in [0.3, 0.4) is 0 Å². The van der Waals surface area contributed by atoms with Crippen LogP contribution >= 0.6 is 0 Å². The average Bonchev–Trinajstić information content (AvgIpc) is 2.92. The third-order valence-corrected chi connectivity index (χ3v) is 5.58. The Morgan fingerprint density at radius 3 is 2.03 bits per heavy atom. The van der Waals surface area contributed by atoms with Crippen molar-refractivity contribution in [3.8, 4) is 0 Å². The van der Waals surface area contributed by atoms with Gasteiger partial charge in [-0.05, 0) is 44.2 Å². The van der Waals surface area contributed by atoms with Crippen LogP contribution in [0.15, 0.2) is 71.0 Å². The second-order valence-corrected chi connectivity index (χ2v) is 8.35. The van der Waals surface area contributed by atoms with Crippen LogP contribution < -0.4 is 0 Å².